The first-order valence-electron chi connectivity index (χ1n) is 8.60. The van der Waals surface area contributed by atoms with Gasteiger partial charge in [-0.15, -0.1) is 0 Å². The van der Waals surface area contributed by atoms with Gasteiger partial charge in [-0.05, 0) is 25.8 Å². The molecule has 0 saturated heterocycles. The van der Waals surface area contributed by atoms with Crippen LogP contribution in [0, 0.1) is 0 Å². The number of alkyl halides is 1. The maximum absolute atomic E-state index is 3.59. The zero-order valence-electron chi connectivity index (χ0n) is 13.6. The third-order valence-electron chi connectivity index (χ3n) is 4.13. The molecule has 0 N–H and O–H groups in total. The van der Waals surface area contributed by atoms with Crippen molar-refractivity contribution in [1.29, 1.82) is 0 Å². The monoisotopic (exact) mass is 333 g/mol. The molecule has 0 aliphatic heterocycles. The normalized spacial score (nSPS) is 11.7. The number of hydrogen-bond donors (Lipinski definition) is 0. The molecular formula is C17H36BrN. The van der Waals surface area contributed by atoms with Crippen molar-refractivity contribution >= 4 is 15.9 Å². The fraction of sp³-hybridized carbons (Fsp3) is 1.00. The predicted octanol–water partition coefficient (Wildman–Crippen LogP) is 6.01. The van der Waals surface area contributed by atoms with Gasteiger partial charge in [0, 0.05) is 17.9 Å². The van der Waals surface area contributed by atoms with Crippen molar-refractivity contribution in [2.75, 3.05) is 18.4 Å². The highest BCUT2D eigenvalue weighted by molar-refractivity contribution is 9.09. The Labute approximate surface area is 130 Å². The Kier molecular flexibility index (Phi) is 15.2. The lowest BCUT2D eigenvalue weighted by Gasteiger charge is -2.29. The summed E-state index contributed by atoms with van der Waals surface area (Å²) < 4.78 is 0. The van der Waals surface area contributed by atoms with E-state index in [9.17, 15) is 0 Å². The molecule has 0 rings (SSSR count). The Balaban J connectivity index is 3.58. The maximum atomic E-state index is 3.59. The van der Waals surface area contributed by atoms with Crippen LogP contribution in [-0.2, 0) is 0 Å². The van der Waals surface area contributed by atoms with Crippen LogP contribution in [0.3, 0.4) is 0 Å². The van der Waals surface area contributed by atoms with Gasteiger partial charge >= 0.3 is 0 Å². The molecule has 0 fully saturated rings. The van der Waals surface area contributed by atoms with Crippen LogP contribution >= 0.6 is 15.9 Å². The van der Waals surface area contributed by atoms with E-state index in [4.69, 9.17) is 0 Å². The minimum atomic E-state index is 0.794. The Bertz CT molecular complexity index is 169. The van der Waals surface area contributed by atoms with E-state index in [0.717, 1.165) is 11.4 Å². The summed E-state index contributed by atoms with van der Waals surface area (Å²) >= 11 is 3.59. The maximum Gasteiger partial charge on any atom is 0.0159 e. The fourth-order valence-corrected chi connectivity index (χ4v) is 3.29. The van der Waals surface area contributed by atoms with Crippen molar-refractivity contribution in [3.8, 4) is 0 Å². The molecule has 0 heterocycles. The molecule has 0 aromatic rings. The first-order chi connectivity index (χ1) is 9.29. The highest BCUT2D eigenvalue weighted by Gasteiger charge is 2.13. The van der Waals surface area contributed by atoms with Crippen LogP contribution in [0.2, 0.25) is 0 Å². The molecule has 0 amide bonds. The third kappa shape index (κ3) is 10.8. The van der Waals surface area contributed by atoms with Gasteiger partial charge in [0.15, 0.2) is 0 Å². The van der Waals surface area contributed by atoms with Crippen molar-refractivity contribution < 1.29 is 0 Å². The number of rotatable bonds is 14. The largest absolute Gasteiger partial charge is 0.300 e. The standard InChI is InChI=1S/C17H36BrN/c1-4-7-8-9-10-11-12-13-15-19(16-14-18)17(5-2)6-3/h17H,4-16H2,1-3H3. The molecule has 0 aliphatic rings. The second kappa shape index (κ2) is 14.8. The van der Waals surface area contributed by atoms with Crippen LogP contribution in [0.25, 0.3) is 0 Å². The molecule has 0 aromatic heterocycles. The molecule has 0 aromatic carbocycles. The van der Waals surface area contributed by atoms with Crippen molar-refractivity contribution in [3.05, 3.63) is 0 Å². The second-order valence-electron chi connectivity index (χ2n) is 5.67. The highest BCUT2D eigenvalue weighted by atomic mass is 79.9. The van der Waals surface area contributed by atoms with Crippen molar-refractivity contribution in [2.24, 2.45) is 0 Å². The number of hydrogen-bond acceptors (Lipinski definition) is 1. The molecule has 116 valence electrons. The van der Waals surface area contributed by atoms with Crippen LogP contribution in [0.15, 0.2) is 0 Å². The van der Waals surface area contributed by atoms with E-state index in [1.165, 1.54) is 77.3 Å². The first kappa shape index (κ1) is 19.4. The third-order valence-corrected chi connectivity index (χ3v) is 4.48. The van der Waals surface area contributed by atoms with Crippen LogP contribution in [0.1, 0.15) is 85.0 Å². The zero-order chi connectivity index (χ0) is 14.3. The van der Waals surface area contributed by atoms with E-state index in [-0.39, 0.29) is 0 Å². The lowest BCUT2D eigenvalue weighted by atomic mass is 10.1. The molecule has 0 spiro atoms. The molecular weight excluding hydrogens is 298 g/mol. The number of unbranched alkanes of at least 4 members (excludes halogenated alkanes) is 7. The van der Waals surface area contributed by atoms with E-state index in [1.807, 2.05) is 0 Å². The summed E-state index contributed by atoms with van der Waals surface area (Å²) in [5, 5.41) is 1.11. The SMILES string of the molecule is CCCCCCCCCCN(CCBr)C(CC)CC. The van der Waals surface area contributed by atoms with Crippen molar-refractivity contribution in [2.45, 2.75) is 91.0 Å². The topological polar surface area (TPSA) is 3.24 Å². The van der Waals surface area contributed by atoms with Gasteiger partial charge in [-0.25, -0.2) is 0 Å². The number of nitrogens with zero attached hydrogens (tertiary/aromatic N) is 1. The van der Waals surface area contributed by atoms with Gasteiger partial charge in [-0.3, -0.25) is 4.90 Å². The Hall–Kier alpha value is 0.440. The molecule has 0 aliphatic carbocycles. The Morgan fingerprint density at radius 1 is 0.737 bits per heavy atom. The van der Waals surface area contributed by atoms with Crippen LogP contribution < -0.4 is 0 Å². The summed E-state index contributed by atoms with van der Waals surface area (Å²) in [4.78, 5) is 2.69. The van der Waals surface area contributed by atoms with E-state index >= 15 is 0 Å². The quantitative estimate of drug-likeness (QED) is 0.278. The molecule has 0 atom stereocenters. The summed E-state index contributed by atoms with van der Waals surface area (Å²) in [6.07, 6.45) is 14.0. The average Bonchev–Trinajstić information content (AvgIpc) is 2.43. The van der Waals surface area contributed by atoms with Gasteiger partial charge in [-0.2, -0.15) is 0 Å². The van der Waals surface area contributed by atoms with E-state index in [0.29, 0.717) is 0 Å². The van der Waals surface area contributed by atoms with Crippen LogP contribution in [0.5, 0.6) is 0 Å². The second-order valence-corrected chi connectivity index (χ2v) is 6.46. The van der Waals surface area contributed by atoms with E-state index in [2.05, 4.69) is 41.6 Å². The summed E-state index contributed by atoms with van der Waals surface area (Å²) in [7, 11) is 0. The van der Waals surface area contributed by atoms with Crippen LogP contribution in [-0.4, -0.2) is 29.4 Å². The highest BCUT2D eigenvalue weighted by Crippen LogP contribution is 2.13. The summed E-state index contributed by atoms with van der Waals surface area (Å²) in [6.45, 7) is 9.44. The fourth-order valence-electron chi connectivity index (χ4n) is 2.84. The number of halogens is 1. The van der Waals surface area contributed by atoms with Gasteiger partial charge in [0.05, 0.1) is 0 Å². The summed E-state index contributed by atoms with van der Waals surface area (Å²) in [5.41, 5.74) is 0. The van der Waals surface area contributed by atoms with E-state index < -0.39 is 0 Å². The molecule has 0 unspecified atom stereocenters. The molecule has 19 heavy (non-hydrogen) atoms. The van der Waals surface area contributed by atoms with Crippen molar-refractivity contribution in [3.63, 3.8) is 0 Å². The summed E-state index contributed by atoms with van der Waals surface area (Å²) in [6, 6.07) is 0.794. The minimum absolute atomic E-state index is 0.794. The zero-order valence-corrected chi connectivity index (χ0v) is 15.2. The van der Waals surface area contributed by atoms with Gasteiger partial charge in [-0.1, -0.05) is 81.6 Å². The smallest absolute Gasteiger partial charge is 0.0159 e. The summed E-state index contributed by atoms with van der Waals surface area (Å²) in [5.74, 6) is 0. The molecule has 0 saturated carbocycles. The van der Waals surface area contributed by atoms with E-state index in [1.54, 1.807) is 0 Å². The Morgan fingerprint density at radius 3 is 1.74 bits per heavy atom. The minimum Gasteiger partial charge on any atom is -0.300 e. The van der Waals surface area contributed by atoms with Gasteiger partial charge in [0.1, 0.15) is 0 Å². The molecule has 1 nitrogen and oxygen atoms in total. The van der Waals surface area contributed by atoms with Gasteiger partial charge in [0.2, 0.25) is 0 Å². The van der Waals surface area contributed by atoms with Crippen molar-refractivity contribution in [1.82, 2.24) is 4.90 Å². The molecule has 0 bridgehead atoms. The molecule has 0 radical (unpaired) electrons. The Morgan fingerprint density at radius 2 is 1.26 bits per heavy atom. The van der Waals surface area contributed by atoms with Gasteiger partial charge < -0.3 is 0 Å². The average molecular weight is 334 g/mol. The van der Waals surface area contributed by atoms with Crippen LogP contribution in [0.4, 0.5) is 0 Å². The lowest BCUT2D eigenvalue weighted by Crippen LogP contribution is -2.36. The lowest BCUT2D eigenvalue weighted by molar-refractivity contribution is 0.193. The molecule has 2 heteroatoms. The van der Waals surface area contributed by atoms with Gasteiger partial charge in [0.25, 0.3) is 0 Å². The first-order valence-corrected chi connectivity index (χ1v) is 9.72. The predicted molar refractivity (Wildman–Crippen MR) is 92.3 cm³/mol.